The summed E-state index contributed by atoms with van der Waals surface area (Å²) >= 11 is 0. The van der Waals surface area contributed by atoms with Crippen molar-refractivity contribution in [3.8, 4) is 5.75 Å². The average molecular weight is 182 g/mol. The summed E-state index contributed by atoms with van der Waals surface area (Å²) < 4.78 is 17.2. The first kappa shape index (κ1) is 10.0. The summed E-state index contributed by atoms with van der Waals surface area (Å²) in [7, 11) is 1.65. The molecule has 1 aromatic carbocycles. The quantitative estimate of drug-likeness (QED) is 0.695. The predicted octanol–water partition coefficient (Wildman–Crippen LogP) is 2.91. The van der Waals surface area contributed by atoms with Crippen molar-refractivity contribution < 1.29 is 9.13 Å². The first-order valence-electron chi connectivity index (χ1n) is 4.48. The molecule has 0 amide bonds. The lowest BCUT2D eigenvalue weighted by Gasteiger charge is -2.10. The van der Waals surface area contributed by atoms with Gasteiger partial charge in [0, 0.05) is 0 Å². The summed E-state index contributed by atoms with van der Waals surface area (Å²) in [6, 6.07) is 5.89. The van der Waals surface area contributed by atoms with E-state index in [1.807, 2.05) is 25.1 Å². The number of rotatable bonds is 4. The molecule has 0 fully saturated rings. The van der Waals surface area contributed by atoms with Crippen molar-refractivity contribution in [3.05, 3.63) is 29.3 Å². The SMILES string of the molecule is COc1cccc(C)c1CCCF. The smallest absolute Gasteiger partial charge is 0.122 e. The Balaban J connectivity index is 2.87. The summed E-state index contributed by atoms with van der Waals surface area (Å²) in [5, 5.41) is 0. The van der Waals surface area contributed by atoms with Gasteiger partial charge >= 0.3 is 0 Å². The molecule has 0 atom stereocenters. The molecular weight excluding hydrogens is 167 g/mol. The second kappa shape index (κ2) is 4.85. The Hall–Kier alpha value is -1.05. The molecule has 2 heteroatoms. The third-order valence-corrected chi connectivity index (χ3v) is 2.15. The number of alkyl halides is 1. The minimum atomic E-state index is -0.266. The Labute approximate surface area is 78.5 Å². The molecule has 0 radical (unpaired) electrons. The van der Waals surface area contributed by atoms with Crippen molar-refractivity contribution >= 4 is 0 Å². The Kier molecular flexibility index (Phi) is 3.74. The maximum atomic E-state index is 12.0. The van der Waals surface area contributed by atoms with E-state index in [9.17, 15) is 4.39 Å². The monoisotopic (exact) mass is 182 g/mol. The van der Waals surface area contributed by atoms with Crippen molar-refractivity contribution in [2.24, 2.45) is 0 Å². The largest absolute Gasteiger partial charge is 0.496 e. The third kappa shape index (κ3) is 2.44. The van der Waals surface area contributed by atoms with E-state index < -0.39 is 0 Å². The minimum absolute atomic E-state index is 0.266. The number of aryl methyl sites for hydroxylation is 1. The molecule has 1 rings (SSSR count). The zero-order valence-corrected chi connectivity index (χ0v) is 8.14. The van der Waals surface area contributed by atoms with Crippen LogP contribution >= 0.6 is 0 Å². The molecule has 0 heterocycles. The highest BCUT2D eigenvalue weighted by atomic mass is 19.1. The first-order valence-corrected chi connectivity index (χ1v) is 4.48. The van der Waals surface area contributed by atoms with Crippen LogP contribution in [0, 0.1) is 6.92 Å². The molecule has 0 spiro atoms. The van der Waals surface area contributed by atoms with Crippen LogP contribution in [0.25, 0.3) is 0 Å². The van der Waals surface area contributed by atoms with Gasteiger partial charge in [-0.15, -0.1) is 0 Å². The van der Waals surface area contributed by atoms with E-state index in [2.05, 4.69) is 0 Å². The maximum Gasteiger partial charge on any atom is 0.122 e. The van der Waals surface area contributed by atoms with Crippen molar-refractivity contribution in [3.63, 3.8) is 0 Å². The number of hydrogen-bond acceptors (Lipinski definition) is 1. The van der Waals surface area contributed by atoms with E-state index >= 15 is 0 Å². The van der Waals surface area contributed by atoms with Gasteiger partial charge in [0.2, 0.25) is 0 Å². The molecule has 1 aromatic rings. The Bertz CT molecular complexity index is 271. The molecule has 0 N–H and O–H groups in total. The fourth-order valence-electron chi connectivity index (χ4n) is 1.43. The molecule has 0 saturated heterocycles. The van der Waals surface area contributed by atoms with Crippen LogP contribution in [0.3, 0.4) is 0 Å². The summed E-state index contributed by atoms with van der Waals surface area (Å²) in [6.07, 6.45) is 1.33. The van der Waals surface area contributed by atoms with Crippen molar-refractivity contribution in [1.29, 1.82) is 0 Å². The van der Waals surface area contributed by atoms with E-state index in [4.69, 9.17) is 4.74 Å². The van der Waals surface area contributed by atoms with Crippen LogP contribution in [0.15, 0.2) is 18.2 Å². The topological polar surface area (TPSA) is 9.23 Å². The Morgan fingerprint density at radius 3 is 2.77 bits per heavy atom. The van der Waals surface area contributed by atoms with Gasteiger partial charge in [-0.1, -0.05) is 12.1 Å². The zero-order chi connectivity index (χ0) is 9.68. The summed E-state index contributed by atoms with van der Waals surface area (Å²) in [4.78, 5) is 0. The van der Waals surface area contributed by atoms with Gasteiger partial charge < -0.3 is 4.74 Å². The van der Waals surface area contributed by atoms with Crippen LogP contribution in [0.1, 0.15) is 17.5 Å². The van der Waals surface area contributed by atoms with Gasteiger partial charge in [-0.05, 0) is 37.0 Å². The second-order valence-corrected chi connectivity index (χ2v) is 3.05. The molecule has 0 aliphatic carbocycles. The predicted molar refractivity (Wildman–Crippen MR) is 52.0 cm³/mol. The minimum Gasteiger partial charge on any atom is -0.496 e. The van der Waals surface area contributed by atoms with Gasteiger partial charge in [0.05, 0.1) is 13.8 Å². The van der Waals surface area contributed by atoms with Crippen LogP contribution in [0.4, 0.5) is 4.39 Å². The molecule has 0 bridgehead atoms. The third-order valence-electron chi connectivity index (χ3n) is 2.15. The molecular formula is C11H15FO. The summed E-state index contributed by atoms with van der Waals surface area (Å²) in [6.45, 7) is 1.76. The zero-order valence-electron chi connectivity index (χ0n) is 8.14. The van der Waals surface area contributed by atoms with Crippen LogP contribution in [0.5, 0.6) is 5.75 Å². The lowest BCUT2D eigenvalue weighted by atomic mass is 10.0. The Morgan fingerprint density at radius 2 is 2.15 bits per heavy atom. The molecule has 0 aliphatic heterocycles. The second-order valence-electron chi connectivity index (χ2n) is 3.05. The number of hydrogen-bond donors (Lipinski definition) is 0. The highest BCUT2D eigenvalue weighted by molar-refractivity contribution is 5.39. The fourth-order valence-corrected chi connectivity index (χ4v) is 1.43. The van der Waals surface area contributed by atoms with Gasteiger partial charge in [-0.25, -0.2) is 0 Å². The van der Waals surface area contributed by atoms with E-state index in [1.54, 1.807) is 7.11 Å². The molecule has 13 heavy (non-hydrogen) atoms. The van der Waals surface area contributed by atoms with Crippen molar-refractivity contribution in [1.82, 2.24) is 0 Å². The van der Waals surface area contributed by atoms with Crippen LogP contribution in [-0.4, -0.2) is 13.8 Å². The van der Waals surface area contributed by atoms with Gasteiger partial charge in [0.25, 0.3) is 0 Å². The molecule has 0 aromatic heterocycles. The fraction of sp³-hybridized carbons (Fsp3) is 0.455. The highest BCUT2D eigenvalue weighted by Crippen LogP contribution is 2.22. The van der Waals surface area contributed by atoms with Gasteiger partial charge in [0.15, 0.2) is 0 Å². The molecule has 1 nitrogen and oxygen atoms in total. The lowest BCUT2D eigenvalue weighted by Crippen LogP contribution is -1.96. The molecule has 0 aliphatic rings. The Morgan fingerprint density at radius 1 is 1.38 bits per heavy atom. The van der Waals surface area contributed by atoms with E-state index in [0.29, 0.717) is 6.42 Å². The number of benzene rings is 1. The van der Waals surface area contributed by atoms with Gasteiger partial charge in [0.1, 0.15) is 5.75 Å². The van der Waals surface area contributed by atoms with Crippen LogP contribution in [-0.2, 0) is 6.42 Å². The number of ether oxygens (including phenoxy) is 1. The standard InChI is InChI=1S/C11H15FO/c1-9-5-3-7-11(13-2)10(9)6-4-8-12/h3,5,7H,4,6,8H2,1-2H3. The average Bonchev–Trinajstić information content (AvgIpc) is 2.15. The molecule has 0 saturated carbocycles. The molecule has 0 unspecified atom stereocenters. The molecule has 72 valence electrons. The summed E-state index contributed by atoms with van der Waals surface area (Å²) in [5.74, 6) is 0.869. The van der Waals surface area contributed by atoms with E-state index in [1.165, 1.54) is 5.56 Å². The normalized spacial score (nSPS) is 10.1. The summed E-state index contributed by atoms with van der Waals surface area (Å²) in [5.41, 5.74) is 2.30. The lowest BCUT2D eigenvalue weighted by molar-refractivity contribution is 0.405. The van der Waals surface area contributed by atoms with Crippen LogP contribution in [0.2, 0.25) is 0 Å². The number of halogens is 1. The number of methoxy groups -OCH3 is 1. The van der Waals surface area contributed by atoms with E-state index in [-0.39, 0.29) is 6.67 Å². The van der Waals surface area contributed by atoms with Crippen molar-refractivity contribution in [2.45, 2.75) is 19.8 Å². The highest BCUT2D eigenvalue weighted by Gasteiger charge is 2.04. The van der Waals surface area contributed by atoms with Crippen LogP contribution < -0.4 is 4.74 Å². The maximum absolute atomic E-state index is 12.0. The van der Waals surface area contributed by atoms with Crippen molar-refractivity contribution in [2.75, 3.05) is 13.8 Å². The van der Waals surface area contributed by atoms with Gasteiger partial charge in [-0.3, -0.25) is 4.39 Å². The van der Waals surface area contributed by atoms with E-state index in [0.717, 1.165) is 17.7 Å². The van der Waals surface area contributed by atoms with Gasteiger partial charge in [-0.2, -0.15) is 0 Å². The first-order chi connectivity index (χ1) is 6.29.